The van der Waals surface area contributed by atoms with Gasteiger partial charge in [0.25, 0.3) is 10.0 Å². The van der Waals surface area contributed by atoms with E-state index in [0.717, 1.165) is 37.6 Å². The van der Waals surface area contributed by atoms with Gasteiger partial charge in [-0.1, -0.05) is 0 Å². The number of hydrogen-bond acceptors (Lipinski definition) is 8. The van der Waals surface area contributed by atoms with E-state index in [4.69, 9.17) is 0 Å². The van der Waals surface area contributed by atoms with E-state index in [-0.39, 0.29) is 16.7 Å². The standard InChI is InChI=1S/C23H24N6O4S/c1-16(30)28-34(32,33)20-8-6-19(7-9-20)25-23(31)18-5-3-13-29(15-18)22-11-10-21(26-27-22)17-4-2-12-24-14-17/h2,4,6-12,14,18H,3,5,13,15H2,1H3,(H,25,31)(H,28,30). The zero-order valence-corrected chi connectivity index (χ0v) is 19.3. The fraction of sp³-hybridized carbons (Fsp3) is 0.261. The summed E-state index contributed by atoms with van der Waals surface area (Å²) in [4.78, 5) is 30.0. The number of hydrogen-bond donors (Lipinski definition) is 2. The number of nitrogens with one attached hydrogen (secondary N) is 2. The minimum Gasteiger partial charge on any atom is -0.354 e. The van der Waals surface area contributed by atoms with E-state index >= 15 is 0 Å². The molecule has 34 heavy (non-hydrogen) atoms. The molecular formula is C23H24N6O4S. The van der Waals surface area contributed by atoms with Crippen molar-refractivity contribution in [1.29, 1.82) is 0 Å². The van der Waals surface area contributed by atoms with E-state index in [1.807, 2.05) is 33.9 Å². The van der Waals surface area contributed by atoms with Crippen LogP contribution in [0, 0.1) is 5.92 Å². The second-order valence-corrected chi connectivity index (χ2v) is 9.66. The molecule has 10 nitrogen and oxygen atoms in total. The van der Waals surface area contributed by atoms with Gasteiger partial charge in [-0.05, 0) is 61.4 Å². The van der Waals surface area contributed by atoms with Crippen molar-refractivity contribution >= 4 is 33.3 Å². The number of benzene rings is 1. The average Bonchev–Trinajstić information content (AvgIpc) is 2.84. The SMILES string of the molecule is CC(=O)NS(=O)(=O)c1ccc(NC(=O)C2CCCN(c3ccc(-c4cccnc4)nn3)C2)cc1. The average molecular weight is 481 g/mol. The van der Waals surface area contributed by atoms with Crippen LogP contribution in [0.4, 0.5) is 11.5 Å². The second kappa shape index (κ2) is 9.96. The summed E-state index contributed by atoms with van der Waals surface area (Å²) in [6.45, 7) is 2.41. The predicted molar refractivity (Wildman–Crippen MR) is 126 cm³/mol. The molecule has 4 rings (SSSR count). The summed E-state index contributed by atoms with van der Waals surface area (Å²) in [5.41, 5.74) is 2.09. The van der Waals surface area contributed by atoms with Crippen LogP contribution in [-0.2, 0) is 19.6 Å². The lowest BCUT2D eigenvalue weighted by Gasteiger charge is -2.32. The topological polar surface area (TPSA) is 134 Å². The molecule has 1 aliphatic heterocycles. The molecule has 1 aromatic carbocycles. The second-order valence-electron chi connectivity index (χ2n) is 7.98. The number of amides is 2. The van der Waals surface area contributed by atoms with E-state index < -0.39 is 15.9 Å². The van der Waals surface area contributed by atoms with Crippen LogP contribution in [0.1, 0.15) is 19.8 Å². The van der Waals surface area contributed by atoms with E-state index in [0.29, 0.717) is 18.1 Å². The number of carbonyl (C=O) groups is 2. The Morgan fingerprint density at radius 1 is 1.06 bits per heavy atom. The largest absolute Gasteiger partial charge is 0.354 e. The van der Waals surface area contributed by atoms with Crippen molar-refractivity contribution in [3.05, 3.63) is 60.9 Å². The van der Waals surface area contributed by atoms with Gasteiger partial charge < -0.3 is 10.2 Å². The zero-order valence-electron chi connectivity index (χ0n) is 18.5. The highest BCUT2D eigenvalue weighted by Gasteiger charge is 2.27. The van der Waals surface area contributed by atoms with Crippen molar-refractivity contribution in [3.63, 3.8) is 0 Å². The molecule has 2 aromatic heterocycles. The molecule has 1 fully saturated rings. The molecule has 0 spiro atoms. The Balaban J connectivity index is 1.38. The van der Waals surface area contributed by atoms with Gasteiger partial charge >= 0.3 is 0 Å². The highest BCUT2D eigenvalue weighted by Crippen LogP contribution is 2.24. The fourth-order valence-corrected chi connectivity index (χ4v) is 4.76. The Labute approximate surface area is 197 Å². The molecule has 2 amide bonds. The van der Waals surface area contributed by atoms with Crippen LogP contribution in [0.25, 0.3) is 11.3 Å². The van der Waals surface area contributed by atoms with Crippen LogP contribution in [0.2, 0.25) is 0 Å². The lowest BCUT2D eigenvalue weighted by molar-refractivity contribution is -0.120. The lowest BCUT2D eigenvalue weighted by atomic mass is 9.97. The van der Waals surface area contributed by atoms with Crippen molar-refractivity contribution in [3.8, 4) is 11.3 Å². The quantitative estimate of drug-likeness (QED) is 0.548. The summed E-state index contributed by atoms with van der Waals surface area (Å²) in [7, 11) is -3.92. The monoisotopic (exact) mass is 480 g/mol. The van der Waals surface area contributed by atoms with Crippen molar-refractivity contribution in [2.45, 2.75) is 24.7 Å². The molecule has 1 atom stereocenters. The molecule has 3 aromatic rings. The van der Waals surface area contributed by atoms with Crippen molar-refractivity contribution < 1.29 is 18.0 Å². The molecule has 0 saturated carbocycles. The first kappa shape index (κ1) is 23.3. The smallest absolute Gasteiger partial charge is 0.264 e. The minimum absolute atomic E-state index is 0.0576. The van der Waals surface area contributed by atoms with Gasteiger partial charge in [0.2, 0.25) is 11.8 Å². The Kier molecular flexibility index (Phi) is 6.82. The van der Waals surface area contributed by atoms with Crippen LogP contribution < -0.4 is 14.9 Å². The first-order valence-electron chi connectivity index (χ1n) is 10.8. The predicted octanol–water partition coefficient (Wildman–Crippen LogP) is 2.22. The molecule has 0 bridgehead atoms. The van der Waals surface area contributed by atoms with E-state index in [1.54, 1.807) is 12.4 Å². The lowest BCUT2D eigenvalue weighted by Crippen LogP contribution is -2.41. The van der Waals surface area contributed by atoms with Crippen LogP contribution in [0.15, 0.2) is 65.8 Å². The minimum atomic E-state index is -3.92. The van der Waals surface area contributed by atoms with E-state index in [9.17, 15) is 18.0 Å². The molecule has 11 heteroatoms. The Morgan fingerprint density at radius 2 is 1.85 bits per heavy atom. The zero-order chi connectivity index (χ0) is 24.1. The van der Waals surface area contributed by atoms with Crippen LogP contribution in [0.5, 0.6) is 0 Å². The number of aromatic nitrogens is 3. The Morgan fingerprint density at radius 3 is 2.50 bits per heavy atom. The Bertz CT molecular complexity index is 1270. The highest BCUT2D eigenvalue weighted by atomic mass is 32.2. The van der Waals surface area contributed by atoms with E-state index in [2.05, 4.69) is 20.5 Å². The fourth-order valence-electron chi connectivity index (χ4n) is 3.77. The van der Waals surface area contributed by atoms with Crippen LogP contribution >= 0.6 is 0 Å². The van der Waals surface area contributed by atoms with Gasteiger partial charge in [0.1, 0.15) is 0 Å². The number of carbonyl (C=O) groups excluding carboxylic acids is 2. The summed E-state index contributed by atoms with van der Waals surface area (Å²) in [6, 6.07) is 13.2. The molecule has 0 radical (unpaired) electrons. The van der Waals surface area contributed by atoms with Crippen molar-refractivity contribution in [2.75, 3.05) is 23.3 Å². The normalized spacial score (nSPS) is 16.0. The van der Waals surface area contributed by atoms with Crippen molar-refractivity contribution in [1.82, 2.24) is 19.9 Å². The number of anilines is 2. The number of pyridine rings is 1. The number of sulfonamides is 1. The summed E-state index contributed by atoms with van der Waals surface area (Å²) in [5.74, 6) is -0.369. The van der Waals surface area contributed by atoms with Gasteiger partial charge in [0.15, 0.2) is 5.82 Å². The van der Waals surface area contributed by atoms with Gasteiger partial charge in [-0.15, -0.1) is 10.2 Å². The molecular weight excluding hydrogens is 456 g/mol. The summed E-state index contributed by atoms with van der Waals surface area (Å²) < 4.78 is 26.0. The molecule has 3 heterocycles. The molecule has 176 valence electrons. The van der Waals surface area contributed by atoms with Crippen molar-refractivity contribution in [2.24, 2.45) is 5.92 Å². The molecule has 1 unspecified atom stereocenters. The van der Waals surface area contributed by atoms with Gasteiger partial charge in [0.05, 0.1) is 16.5 Å². The number of rotatable bonds is 6. The first-order chi connectivity index (χ1) is 16.3. The van der Waals surface area contributed by atoms with Gasteiger partial charge in [0, 0.05) is 43.7 Å². The summed E-state index contributed by atoms with van der Waals surface area (Å²) >= 11 is 0. The van der Waals surface area contributed by atoms with Crippen LogP contribution in [0.3, 0.4) is 0 Å². The van der Waals surface area contributed by atoms with Gasteiger partial charge in [-0.2, -0.15) is 0 Å². The summed E-state index contributed by atoms with van der Waals surface area (Å²) in [5, 5.41) is 11.5. The van der Waals surface area contributed by atoms with Crippen LogP contribution in [-0.4, -0.2) is 48.5 Å². The maximum atomic E-state index is 12.9. The number of nitrogens with zero attached hydrogens (tertiary/aromatic N) is 4. The first-order valence-corrected chi connectivity index (χ1v) is 12.2. The molecule has 0 aliphatic carbocycles. The number of piperidine rings is 1. The Hall–Kier alpha value is -3.86. The van der Waals surface area contributed by atoms with Gasteiger partial charge in [-0.25, -0.2) is 13.1 Å². The van der Waals surface area contributed by atoms with E-state index in [1.165, 1.54) is 24.3 Å². The highest BCUT2D eigenvalue weighted by molar-refractivity contribution is 7.90. The van der Waals surface area contributed by atoms with Gasteiger partial charge in [-0.3, -0.25) is 14.6 Å². The molecule has 1 saturated heterocycles. The third-order valence-electron chi connectivity index (χ3n) is 5.43. The molecule has 1 aliphatic rings. The third kappa shape index (κ3) is 5.54. The maximum absolute atomic E-state index is 12.9. The summed E-state index contributed by atoms with van der Waals surface area (Å²) in [6.07, 6.45) is 5.00. The third-order valence-corrected chi connectivity index (χ3v) is 6.88. The molecule has 2 N–H and O–H groups in total. The maximum Gasteiger partial charge on any atom is 0.264 e.